The van der Waals surface area contributed by atoms with Crippen molar-refractivity contribution in [3.63, 3.8) is 0 Å². The molecule has 0 aliphatic carbocycles. The third-order valence-corrected chi connectivity index (χ3v) is 7.50. The molecule has 204 valence electrons. The number of hydrogen-bond donors (Lipinski definition) is 0. The van der Waals surface area contributed by atoms with Crippen LogP contribution in [0.25, 0.3) is 0 Å². The SMILES string of the molecule is CCN(CC)c1ccc(C(OC(C)=O)(c2ccc(N(CC)CC)cc2)c2ccc(N(CC)CC)cc2)cc1. The molecule has 0 spiro atoms. The van der Waals surface area contributed by atoms with Gasteiger partial charge in [0.2, 0.25) is 0 Å². The number of hydrogen-bond acceptors (Lipinski definition) is 5. The molecule has 0 N–H and O–H groups in total. The number of ether oxygens (including phenoxy) is 1. The number of nitrogens with zero attached hydrogens (tertiary/aromatic N) is 3. The minimum atomic E-state index is -1.07. The predicted octanol–water partition coefficient (Wildman–Crippen LogP) is 7.08. The van der Waals surface area contributed by atoms with E-state index in [1.54, 1.807) is 0 Å². The summed E-state index contributed by atoms with van der Waals surface area (Å²) in [6, 6.07) is 25.4. The smallest absolute Gasteiger partial charge is 0.304 e. The highest BCUT2D eigenvalue weighted by Crippen LogP contribution is 2.42. The van der Waals surface area contributed by atoms with Crippen molar-refractivity contribution in [2.45, 2.75) is 54.1 Å². The average Bonchev–Trinajstić information content (AvgIpc) is 2.95. The van der Waals surface area contributed by atoms with Crippen LogP contribution in [-0.4, -0.2) is 45.2 Å². The van der Waals surface area contributed by atoms with Gasteiger partial charge in [0, 0.05) is 79.9 Å². The Morgan fingerprint density at radius 3 is 0.947 bits per heavy atom. The lowest BCUT2D eigenvalue weighted by atomic mass is 9.79. The molecule has 0 heterocycles. The van der Waals surface area contributed by atoms with Gasteiger partial charge >= 0.3 is 5.97 Å². The van der Waals surface area contributed by atoms with Crippen molar-refractivity contribution in [3.05, 3.63) is 89.5 Å². The van der Waals surface area contributed by atoms with E-state index < -0.39 is 5.60 Å². The first-order valence-corrected chi connectivity index (χ1v) is 14.1. The Bertz CT molecular complexity index is 994. The van der Waals surface area contributed by atoms with Crippen LogP contribution in [-0.2, 0) is 15.1 Å². The largest absolute Gasteiger partial charge is 0.444 e. The van der Waals surface area contributed by atoms with Crippen LogP contribution < -0.4 is 14.7 Å². The zero-order chi connectivity index (χ0) is 27.7. The highest BCUT2D eigenvalue weighted by molar-refractivity contribution is 5.70. The summed E-state index contributed by atoms with van der Waals surface area (Å²) in [4.78, 5) is 19.7. The van der Waals surface area contributed by atoms with E-state index in [4.69, 9.17) is 4.74 Å². The van der Waals surface area contributed by atoms with Gasteiger partial charge in [0.05, 0.1) is 0 Å². The molecule has 3 aromatic rings. The number of esters is 1. The highest BCUT2D eigenvalue weighted by Gasteiger charge is 2.40. The molecule has 0 fully saturated rings. The van der Waals surface area contributed by atoms with Gasteiger partial charge in [-0.2, -0.15) is 0 Å². The van der Waals surface area contributed by atoms with E-state index in [0.717, 1.165) is 73.0 Å². The number of rotatable bonds is 13. The van der Waals surface area contributed by atoms with Crippen molar-refractivity contribution in [1.82, 2.24) is 0 Å². The second-order valence-electron chi connectivity index (χ2n) is 9.43. The van der Waals surface area contributed by atoms with Crippen molar-refractivity contribution in [2.75, 3.05) is 54.0 Å². The molecule has 38 heavy (non-hydrogen) atoms. The van der Waals surface area contributed by atoms with Crippen LogP contribution in [0.5, 0.6) is 0 Å². The van der Waals surface area contributed by atoms with Gasteiger partial charge in [-0.1, -0.05) is 36.4 Å². The lowest BCUT2D eigenvalue weighted by Gasteiger charge is -2.36. The fourth-order valence-electron chi connectivity index (χ4n) is 5.38. The Morgan fingerprint density at radius 2 is 0.763 bits per heavy atom. The van der Waals surface area contributed by atoms with Gasteiger partial charge in [0.1, 0.15) is 0 Å². The summed E-state index contributed by atoms with van der Waals surface area (Å²) < 4.78 is 6.38. The first-order chi connectivity index (χ1) is 18.4. The Hall–Kier alpha value is -3.47. The van der Waals surface area contributed by atoms with E-state index >= 15 is 0 Å². The van der Waals surface area contributed by atoms with Gasteiger partial charge in [0.25, 0.3) is 0 Å². The van der Waals surface area contributed by atoms with Crippen LogP contribution in [0.15, 0.2) is 72.8 Å². The molecule has 0 radical (unpaired) electrons. The minimum Gasteiger partial charge on any atom is -0.444 e. The minimum absolute atomic E-state index is 0.321. The van der Waals surface area contributed by atoms with Crippen molar-refractivity contribution < 1.29 is 9.53 Å². The summed E-state index contributed by atoms with van der Waals surface area (Å²) >= 11 is 0. The molecule has 0 aliphatic rings. The normalized spacial score (nSPS) is 11.2. The van der Waals surface area contributed by atoms with Gasteiger partial charge in [0.15, 0.2) is 5.60 Å². The van der Waals surface area contributed by atoms with Gasteiger partial charge in [-0.25, -0.2) is 0 Å². The second-order valence-corrected chi connectivity index (χ2v) is 9.43. The zero-order valence-electron chi connectivity index (χ0n) is 24.3. The maximum absolute atomic E-state index is 12.7. The van der Waals surface area contributed by atoms with E-state index in [-0.39, 0.29) is 5.97 Å². The fraction of sp³-hybridized carbons (Fsp3) is 0.424. The van der Waals surface area contributed by atoms with Crippen LogP contribution in [0.4, 0.5) is 17.1 Å². The summed E-state index contributed by atoms with van der Waals surface area (Å²) in [7, 11) is 0. The molecule has 3 rings (SSSR count). The lowest BCUT2D eigenvalue weighted by Crippen LogP contribution is -2.35. The Kier molecular flexibility index (Phi) is 10.2. The quantitative estimate of drug-likeness (QED) is 0.180. The fourth-order valence-corrected chi connectivity index (χ4v) is 5.38. The summed E-state index contributed by atoms with van der Waals surface area (Å²) in [5.74, 6) is -0.321. The van der Waals surface area contributed by atoms with Gasteiger partial charge < -0.3 is 19.4 Å². The molecule has 0 saturated heterocycles. The summed E-state index contributed by atoms with van der Waals surface area (Å²) in [6.07, 6.45) is 0. The van der Waals surface area contributed by atoms with Crippen molar-refractivity contribution in [1.29, 1.82) is 0 Å². The maximum atomic E-state index is 12.7. The van der Waals surface area contributed by atoms with E-state index in [1.807, 2.05) is 0 Å². The van der Waals surface area contributed by atoms with Crippen LogP contribution >= 0.6 is 0 Å². The van der Waals surface area contributed by atoms with Crippen LogP contribution in [0.1, 0.15) is 65.2 Å². The molecular weight excluding hydrogens is 470 g/mol. The van der Waals surface area contributed by atoms with Crippen molar-refractivity contribution in [2.24, 2.45) is 0 Å². The molecule has 5 heteroatoms. The third-order valence-electron chi connectivity index (χ3n) is 7.50. The first-order valence-electron chi connectivity index (χ1n) is 14.1. The van der Waals surface area contributed by atoms with E-state index in [9.17, 15) is 4.79 Å². The number of carbonyl (C=O) groups is 1. The molecule has 0 aromatic heterocycles. The summed E-state index contributed by atoms with van der Waals surface area (Å²) in [5.41, 5.74) is 5.18. The molecular formula is C33H45N3O2. The average molecular weight is 516 g/mol. The first kappa shape index (κ1) is 29.1. The molecule has 0 saturated carbocycles. The van der Waals surface area contributed by atoms with Crippen LogP contribution in [0.2, 0.25) is 0 Å². The molecule has 5 nitrogen and oxygen atoms in total. The summed E-state index contributed by atoms with van der Waals surface area (Å²) in [6.45, 7) is 20.1. The van der Waals surface area contributed by atoms with E-state index in [2.05, 4.69) is 129 Å². The molecule has 0 unspecified atom stereocenters. The molecule has 0 bridgehead atoms. The number of benzene rings is 3. The molecule has 0 aliphatic heterocycles. The highest BCUT2D eigenvalue weighted by atomic mass is 16.6. The standard InChI is InChI=1S/C33H45N3O2/c1-8-34(9-2)30-20-14-27(15-21-30)33(38-26(7)37,28-16-22-31(23-17-28)35(10-3)11-4)29-18-24-32(25-19-29)36(12-5)13-6/h14-25H,8-13H2,1-7H3. The van der Waals surface area contributed by atoms with Crippen molar-refractivity contribution >= 4 is 23.0 Å². The Morgan fingerprint density at radius 1 is 0.526 bits per heavy atom. The van der Waals surface area contributed by atoms with E-state index in [0.29, 0.717) is 0 Å². The topological polar surface area (TPSA) is 36.0 Å². The maximum Gasteiger partial charge on any atom is 0.304 e. The van der Waals surface area contributed by atoms with E-state index in [1.165, 1.54) is 6.92 Å². The number of carbonyl (C=O) groups excluding carboxylic acids is 1. The number of anilines is 3. The monoisotopic (exact) mass is 515 g/mol. The molecule has 3 aromatic carbocycles. The van der Waals surface area contributed by atoms with Crippen LogP contribution in [0, 0.1) is 0 Å². The Labute approximate surface area is 230 Å². The van der Waals surface area contributed by atoms with Gasteiger partial charge in [-0.05, 0) is 77.9 Å². The molecule has 0 atom stereocenters. The second kappa shape index (κ2) is 13.4. The van der Waals surface area contributed by atoms with Crippen molar-refractivity contribution in [3.8, 4) is 0 Å². The Balaban J connectivity index is 2.24. The zero-order valence-corrected chi connectivity index (χ0v) is 24.3. The lowest BCUT2D eigenvalue weighted by molar-refractivity contribution is -0.150. The predicted molar refractivity (Wildman–Crippen MR) is 162 cm³/mol. The van der Waals surface area contributed by atoms with Crippen LogP contribution in [0.3, 0.4) is 0 Å². The van der Waals surface area contributed by atoms with Gasteiger partial charge in [-0.15, -0.1) is 0 Å². The summed E-state index contributed by atoms with van der Waals surface area (Å²) in [5, 5.41) is 0. The third kappa shape index (κ3) is 5.98. The van der Waals surface area contributed by atoms with Gasteiger partial charge in [-0.3, -0.25) is 4.79 Å². The molecule has 0 amide bonds.